The fourth-order valence-electron chi connectivity index (χ4n) is 1.83. The molecule has 0 atom stereocenters. The SMILES string of the molecule is CCc1c(N)nnn1Cc1c(Br)c(C)nn1C. The summed E-state index contributed by atoms with van der Waals surface area (Å²) in [5.74, 6) is 0.502. The van der Waals surface area contributed by atoms with Gasteiger partial charge in [-0.25, -0.2) is 4.68 Å². The summed E-state index contributed by atoms with van der Waals surface area (Å²) in [5, 5.41) is 12.3. The quantitative estimate of drug-likeness (QED) is 0.926. The minimum Gasteiger partial charge on any atom is -0.381 e. The van der Waals surface area contributed by atoms with Crippen molar-refractivity contribution in [2.24, 2.45) is 7.05 Å². The molecule has 0 saturated heterocycles. The summed E-state index contributed by atoms with van der Waals surface area (Å²) < 4.78 is 4.67. The number of halogens is 1. The number of anilines is 1. The van der Waals surface area contributed by atoms with Crippen LogP contribution >= 0.6 is 15.9 Å². The largest absolute Gasteiger partial charge is 0.381 e. The van der Waals surface area contributed by atoms with Gasteiger partial charge in [-0.3, -0.25) is 4.68 Å². The van der Waals surface area contributed by atoms with Crippen molar-refractivity contribution in [2.45, 2.75) is 26.8 Å². The molecule has 2 rings (SSSR count). The van der Waals surface area contributed by atoms with Crippen molar-refractivity contribution in [3.05, 3.63) is 21.6 Å². The summed E-state index contributed by atoms with van der Waals surface area (Å²) in [5.41, 5.74) is 8.74. The molecule has 2 heterocycles. The van der Waals surface area contributed by atoms with E-state index < -0.39 is 0 Å². The molecule has 0 amide bonds. The Morgan fingerprint density at radius 3 is 2.59 bits per heavy atom. The summed E-state index contributed by atoms with van der Waals surface area (Å²) >= 11 is 3.54. The van der Waals surface area contributed by atoms with Gasteiger partial charge in [0.25, 0.3) is 0 Å². The zero-order valence-electron chi connectivity index (χ0n) is 10.1. The zero-order valence-corrected chi connectivity index (χ0v) is 11.7. The lowest BCUT2D eigenvalue weighted by Crippen LogP contribution is -2.10. The maximum Gasteiger partial charge on any atom is 0.169 e. The van der Waals surface area contributed by atoms with E-state index in [4.69, 9.17) is 5.73 Å². The van der Waals surface area contributed by atoms with Crippen LogP contribution in [-0.2, 0) is 20.0 Å². The van der Waals surface area contributed by atoms with E-state index in [0.717, 1.165) is 28.0 Å². The van der Waals surface area contributed by atoms with E-state index in [9.17, 15) is 0 Å². The van der Waals surface area contributed by atoms with E-state index in [0.29, 0.717) is 12.4 Å². The number of nitrogen functional groups attached to an aromatic ring is 1. The smallest absolute Gasteiger partial charge is 0.169 e. The van der Waals surface area contributed by atoms with E-state index in [1.165, 1.54) is 0 Å². The number of aryl methyl sites for hydroxylation is 2. The van der Waals surface area contributed by atoms with Gasteiger partial charge < -0.3 is 5.73 Å². The Bertz CT molecular complexity index is 541. The molecule has 0 saturated carbocycles. The summed E-state index contributed by atoms with van der Waals surface area (Å²) in [7, 11) is 1.92. The van der Waals surface area contributed by atoms with Gasteiger partial charge in [0.05, 0.1) is 28.1 Å². The Morgan fingerprint density at radius 1 is 1.35 bits per heavy atom. The van der Waals surface area contributed by atoms with Crippen molar-refractivity contribution in [3.8, 4) is 0 Å². The lowest BCUT2D eigenvalue weighted by atomic mass is 10.3. The molecule has 0 aliphatic rings. The number of hydrogen-bond donors (Lipinski definition) is 1. The summed E-state index contributed by atoms with van der Waals surface area (Å²) in [6, 6.07) is 0. The molecule has 17 heavy (non-hydrogen) atoms. The van der Waals surface area contributed by atoms with Crippen LogP contribution in [0.2, 0.25) is 0 Å². The average molecular weight is 299 g/mol. The van der Waals surface area contributed by atoms with E-state index in [2.05, 4.69) is 31.3 Å². The molecule has 2 aromatic heterocycles. The third-order valence-corrected chi connectivity index (χ3v) is 3.80. The van der Waals surface area contributed by atoms with Crippen LogP contribution < -0.4 is 5.73 Å². The molecule has 0 fully saturated rings. The van der Waals surface area contributed by atoms with Crippen molar-refractivity contribution in [1.29, 1.82) is 0 Å². The first-order chi connectivity index (χ1) is 8.04. The van der Waals surface area contributed by atoms with Crippen LogP contribution in [0.1, 0.15) is 24.0 Å². The second-order valence-electron chi connectivity index (χ2n) is 3.90. The Balaban J connectivity index is 2.37. The predicted molar refractivity (Wildman–Crippen MR) is 68.6 cm³/mol. The van der Waals surface area contributed by atoms with Gasteiger partial charge in [0.15, 0.2) is 5.82 Å². The van der Waals surface area contributed by atoms with E-state index in [1.54, 1.807) is 0 Å². The molecule has 0 radical (unpaired) electrons. The zero-order chi connectivity index (χ0) is 12.6. The minimum atomic E-state index is 0.502. The normalized spacial score (nSPS) is 11.1. The average Bonchev–Trinajstić information content (AvgIpc) is 2.75. The monoisotopic (exact) mass is 298 g/mol. The maximum absolute atomic E-state index is 5.76. The van der Waals surface area contributed by atoms with Gasteiger partial charge in [0.1, 0.15) is 0 Å². The van der Waals surface area contributed by atoms with Crippen molar-refractivity contribution >= 4 is 21.7 Å². The fourth-order valence-corrected chi connectivity index (χ4v) is 2.29. The Morgan fingerprint density at radius 2 is 2.06 bits per heavy atom. The second-order valence-corrected chi connectivity index (χ2v) is 4.70. The molecular weight excluding hydrogens is 284 g/mol. The summed E-state index contributed by atoms with van der Waals surface area (Å²) in [6.07, 6.45) is 0.813. The molecule has 2 aromatic rings. The third-order valence-electron chi connectivity index (χ3n) is 2.76. The molecule has 0 spiro atoms. The Hall–Kier alpha value is -1.37. The highest BCUT2D eigenvalue weighted by Gasteiger charge is 2.14. The van der Waals surface area contributed by atoms with Crippen LogP contribution in [0.4, 0.5) is 5.82 Å². The Kier molecular flexibility index (Phi) is 3.19. The van der Waals surface area contributed by atoms with Crippen molar-refractivity contribution in [3.63, 3.8) is 0 Å². The first-order valence-corrected chi connectivity index (χ1v) is 6.19. The number of hydrogen-bond acceptors (Lipinski definition) is 4. The fraction of sp³-hybridized carbons (Fsp3) is 0.500. The molecule has 0 aromatic carbocycles. The highest BCUT2D eigenvalue weighted by atomic mass is 79.9. The van der Waals surface area contributed by atoms with Crippen LogP contribution in [0.5, 0.6) is 0 Å². The minimum absolute atomic E-state index is 0.502. The maximum atomic E-state index is 5.76. The molecule has 6 nitrogen and oxygen atoms in total. The second kappa shape index (κ2) is 4.48. The highest BCUT2D eigenvalue weighted by Crippen LogP contribution is 2.21. The van der Waals surface area contributed by atoms with E-state index in [1.807, 2.05) is 30.3 Å². The van der Waals surface area contributed by atoms with Crippen LogP contribution in [-0.4, -0.2) is 24.8 Å². The molecule has 0 aliphatic heterocycles. The van der Waals surface area contributed by atoms with Crippen LogP contribution in [0.15, 0.2) is 4.47 Å². The third kappa shape index (κ3) is 2.06. The standard InChI is InChI=1S/C10H15BrN6/c1-4-7-10(12)13-15-17(7)5-8-9(11)6(2)14-16(8)3/h4-5,12H2,1-3H3. The number of aromatic nitrogens is 5. The van der Waals surface area contributed by atoms with Crippen molar-refractivity contribution in [2.75, 3.05) is 5.73 Å². The lowest BCUT2D eigenvalue weighted by molar-refractivity contribution is 0.579. The molecule has 92 valence electrons. The van der Waals surface area contributed by atoms with Crippen LogP contribution in [0, 0.1) is 6.92 Å². The van der Waals surface area contributed by atoms with Gasteiger partial charge >= 0.3 is 0 Å². The lowest BCUT2D eigenvalue weighted by Gasteiger charge is -2.06. The van der Waals surface area contributed by atoms with E-state index in [-0.39, 0.29) is 0 Å². The first kappa shape index (κ1) is 12.1. The van der Waals surface area contributed by atoms with Crippen molar-refractivity contribution in [1.82, 2.24) is 24.8 Å². The van der Waals surface area contributed by atoms with Gasteiger partial charge in [-0.15, -0.1) is 5.10 Å². The van der Waals surface area contributed by atoms with Crippen molar-refractivity contribution < 1.29 is 0 Å². The molecule has 0 bridgehead atoms. The summed E-state index contributed by atoms with van der Waals surface area (Å²) in [4.78, 5) is 0. The number of nitrogens with zero attached hydrogens (tertiary/aromatic N) is 5. The van der Waals surface area contributed by atoms with Gasteiger partial charge in [0, 0.05) is 7.05 Å². The topological polar surface area (TPSA) is 74.6 Å². The molecule has 0 unspecified atom stereocenters. The van der Waals surface area contributed by atoms with Gasteiger partial charge in [-0.05, 0) is 29.3 Å². The van der Waals surface area contributed by atoms with Gasteiger partial charge in [0.2, 0.25) is 0 Å². The number of nitrogens with two attached hydrogens (primary N) is 1. The van der Waals surface area contributed by atoms with Gasteiger partial charge in [-0.2, -0.15) is 5.10 Å². The van der Waals surface area contributed by atoms with Gasteiger partial charge in [-0.1, -0.05) is 12.1 Å². The highest BCUT2D eigenvalue weighted by molar-refractivity contribution is 9.10. The molecular formula is C10H15BrN6. The molecule has 7 heteroatoms. The Labute approximate surface area is 108 Å². The first-order valence-electron chi connectivity index (χ1n) is 5.40. The number of rotatable bonds is 3. The predicted octanol–water partition coefficient (Wildman–Crippen LogP) is 1.28. The summed E-state index contributed by atoms with van der Waals surface area (Å²) in [6.45, 7) is 4.62. The van der Waals surface area contributed by atoms with Crippen LogP contribution in [0.3, 0.4) is 0 Å². The van der Waals surface area contributed by atoms with Crippen LogP contribution in [0.25, 0.3) is 0 Å². The van der Waals surface area contributed by atoms with E-state index >= 15 is 0 Å². The molecule has 0 aliphatic carbocycles. The molecule has 2 N–H and O–H groups in total.